The number of thiazole rings is 1. The van der Waals surface area contributed by atoms with E-state index in [1.807, 2.05) is 19.9 Å². The average Bonchev–Trinajstić information content (AvgIpc) is 3.13. The Kier molecular flexibility index (Phi) is 7.57. The number of nitrogens with zero attached hydrogens (tertiary/aromatic N) is 2. The minimum atomic E-state index is -0.466. The Hall–Kier alpha value is -1.74. The standard InChI is InChI=1S/C23H34N4O2S2/c1-22(2,3)19(13-28)24-21-25-20-17(26-23(4,5)15-29)11-27(12-18(20)31-21)30-14-16-9-7-6-8-10-16/h6-11,19,26,28-29H,12-15H2,1-5H3,(H,24,25). The van der Waals surface area contributed by atoms with Crippen molar-refractivity contribution in [2.45, 2.75) is 58.5 Å². The molecule has 1 unspecified atom stereocenters. The zero-order valence-electron chi connectivity index (χ0n) is 19.0. The van der Waals surface area contributed by atoms with Crippen molar-refractivity contribution in [2.75, 3.05) is 18.5 Å². The van der Waals surface area contributed by atoms with Gasteiger partial charge in [-0.15, -0.1) is 0 Å². The highest BCUT2D eigenvalue weighted by atomic mass is 32.2. The quantitative estimate of drug-likeness (QED) is 0.414. The fourth-order valence-corrected chi connectivity index (χ4v) is 5.14. The number of rotatable bonds is 9. The monoisotopic (exact) mass is 462 g/mol. The van der Waals surface area contributed by atoms with E-state index in [0.717, 1.165) is 33.7 Å². The lowest BCUT2D eigenvalue weighted by molar-refractivity contribution is 0.202. The molecule has 2 aromatic rings. The van der Waals surface area contributed by atoms with Crippen molar-refractivity contribution in [1.82, 2.24) is 14.6 Å². The van der Waals surface area contributed by atoms with Gasteiger partial charge >= 0.3 is 0 Å². The third-order valence-electron chi connectivity index (χ3n) is 5.16. The van der Waals surface area contributed by atoms with Crippen LogP contribution in [0, 0.1) is 5.41 Å². The second-order valence-electron chi connectivity index (χ2n) is 9.58. The molecule has 3 rings (SSSR count). The number of aliphatic hydroxyl groups excluding tert-OH is 2. The molecule has 31 heavy (non-hydrogen) atoms. The summed E-state index contributed by atoms with van der Waals surface area (Å²) in [5.74, 6) is 0.879. The molecular weight excluding hydrogens is 428 g/mol. The minimum absolute atomic E-state index is 0.0166. The lowest BCUT2D eigenvalue weighted by atomic mass is 9.87. The minimum Gasteiger partial charge on any atom is -0.394 e. The molecule has 170 valence electrons. The second-order valence-corrected chi connectivity index (χ2v) is 11.7. The lowest BCUT2D eigenvalue weighted by Gasteiger charge is -2.31. The van der Waals surface area contributed by atoms with Gasteiger partial charge in [-0.2, -0.15) is 0 Å². The third-order valence-corrected chi connectivity index (χ3v) is 7.16. The first-order chi connectivity index (χ1) is 14.6. The first-order valence-corrected chi connectivity index (χ1v) is 12.3. The number of aliphatic hydroxyl groups is 2. The van der Waals surface area contributed by atoms with E-state index in [1.54, 1.807) is 23.3 Å². The highest BCUT2D eigenvalue weighted by Gasteiger charge is 2.29. The zero-order chi connectivity index (χ0) is 22.6. The Morgan fingerprint density at radius 2 is 1.87 bits per heavy atom. The number of anilines is 1. The Labute approximate surface area is 193 Å². The van der Waals surface area contributed by atoms with Crippen LogP contribution in [-0.2, 0) is 12.3 Å². The van der Waals surface area contributed by atoms with Crippen molar-refractivity contribution >= 4 is 34.1 Å². The van der Waals surface area contributed by atoms with Crippen molar-refractivity contribution in [3.63, 3.8) is 0 Å². The molecule has 0 saturated carbocycles. The van der Waals surface area contributed by atoms with Crippen LogP contribution < -0.4 is 10.6 Å². The van der Waals surface area contributed by atoms with Gasteiger partial charge in [-0.1, -0.05) is 62.4 Å². The van der Waals surface area contributed by atoms with Crippen molar-refractivity contribution in [1.29, 1.82) is 0 Å². The maximum Gasteiger partial charge on any atom is 0.183 e. The third kappa shape index (κ3) is 6.38. The van der Waals surface area contributed by atoms with Gasteiger partial charge in [0.2, 0.25) is 0 Å². The molecule has 4 N–H and O–H groups in total. The first kappa shape index (κ1) is 23.9. The van der Waals surface area contributed by atoms with Gasteiger partial charge in [0.1, 0.15) is 5.69 Å². The molecule has 0 fully saturated rings. The van der Waals surface area contributed by atoms with Gasteiger partial charge in [0, 0.05) is 12.0 Å². The maximum atomic E-state index is 9.83. The first-order valence-electron chi connectivity index (χ1n) is 10.5. The fraction of sp³-hybridized carbons (Fsp3) is 0.522. The summed E-state index contributed by atoms with van der Waals surface area (Å²) in [4.78, 5) is 6.01. The zero-order valence-corrected chi connectivity index (χ0v) is 20.6. The summed E-state index contributed by atoms with van der Waals surface area (Å²) < 4.78 is 2.22. The number of hydrogen-bond donors (Lipinski definition) is 4. The van der Waals surface area contributed by atoms with Crippen molar-refractivity contribution in [3.05, 3.63) is 52.7 Å². The van der Waals surface area contributed by atoms with E-state index in [0.29, 0.717) is 0 Å². The summed E-state index contributed by atoms with van der Waals surface area (Å²) in [6.45, 7) is 11.1. The predicted molar refractivity (Wildman–Crippen MR) is 132 cm³/mol. The average molecular weight is 463 g/mol. The summed E-state index contributed by atoms with van der Waals surface area (Å²) in [6.07, 6.45) is 2.09. The van der Waals surface area contributed by atoms with Gasteiger partial charge in [-0.25, -0.2) is 4.98 Å². The van der Waals surface area contributed by atoms with Crippen LogP contribution in [0.5, 0.6) is 0 Å². The summed E-state index contributed by atoms with van der Waals surface area (Å²) >= 11 is 3.38. The maximum absolute atomic E-state index is 9.83. The molecule has 0 amide bonds. The van der Waals surface area contributed by atoms with Gasteiger partial charge in [-0.3, -0.25) is 0 Å². The van der Waals surface area contributed by atoms with E-state index in [9.17, 15) is 10.2 Å². The van der Waals surface area contributed by atoms with Crippen LogP contribution >= 0.6 is 23.3 Å². The predicted octanol–water partition coefficient (Wildman–Crippen LogP) is 4.28. The molecule has 2 heterocycles. The number of benzene rings is 1. The molecule has 0 saturated heterocycles. The molecule has 1 aromatic heterocycles. The summed E-state index contributed by atoms with van der Waals surface area (Å²) in [5.41, 5.74) is 2.54. The molecule has 0 radical (unpaired) electrons. The number of fused-ring (bicyclic) bond motifs is 1. The van der Waals surface area contributed by atoms with Crippen LogP contribution in [0.4, 0.5) is 5.13 Å². The highest BCUT2D eigenvalue weighted by molar-refractivity contribution is 7.96. The molecule has 0 bridgehead atoms. The van der Waals surface area contributed by atoms with E-state index in [4.69, 9.17) is 4.98 Å². The summed E-state index contributed by atoms with van der Waals surface area (Å²) in [6, 6.07) is 10.3. The molecule has 8 heteroatoms. The number of nitrogens with one attached hydrogen (secondary N) is 2. The Bertz CT molecular complexity index is 891. The van der Waals surface area contributed by atoms with E-state index < -0.39 is 5.54 Å². The highest BCUT2D eigenvalue weighted by Crippen LogP contribution is 2.37. The van der Waals surface area contributed by atoms with E-state index in [-0.39, 0.29) is 24.7 Å². The van der Waals surface area contributed by atoms with Crippen LogP contribution in [0.15, 0.2) is 36.5 Å². The molecule has 1 aliphatic heterocycles. The molecule has 0 aliphatic carbocycles. The molecule has 1 aliphatic rings. The van der Waals surface area contributed by atoms with Gasteiger partial charge < -0.3 is 25.2 Å². The normalized spacial score (nSPS) is 15.3. The van der Waals surface area contributed by atoms with Crippen LogP contribution in [0.1, 0.15) is 50.8 Å². The molecule has 1 atom stereocenters. The molecule has 0 spiro atoms. The SMILES string of the molecule is CC(C)(CO)NC1=CN(SCc2ccccc2)Cc2sc(NC(CO)C(C)(C)C)nc21. The summed E-state index contributed by atoms with van der Waals surface area (Å²) in [5, 5.41) is 27.3. The van der Waals surface area contributed by atoms with E-state index in [2.05, 4.69) is 66.2 Å². The summed E-state index contributed by atoms with van der Waals surface area (Å²) in [7, 11) is 0. The number of aromatic nitrogens is 1. The topological polar surface area (TPSA) is 80.7 Å². The smallest absolute Gasteiger partial charge is 0.183 e. The van der Waals surface area contributed by atoms with Gasteiger partial charge in [0.25, 0.3) is 0 Å². The Morgan fingerprint density at radius 3 is 2.48 bits per heavy atom. The fourth-order valence-electron chi connectivity index (χ4n) is 3.12. The molecule has 1 aromatic carbocycles. The van der Waals surface area contributed by atoms with Crippen molar-refractivity contribution in [3.8, 4) is 0 Å². The van der Waals surface area contributed by atoms with Crippen LogP contribution in [0.2, 0.25) is 0 Å². The van der Waals surface area contributed by atoms with Crippen molar-refractivity contribution in [2.24, 2.45) is 5.41 Å². The van der Waals surface area contributed by atoms with E-state index in [1.165, 1.54) is 5.56 Å². The second kappa shape index (κ2) is 9.81. The molecular formula is C23H34N4O2S2. The van der Waals surface area contributed by atoms with Crippen molar-refractivity contribution < 1.29 is 10.2 Å². The lowest BCUT2D eigenvalue weighted by Crippen LogP contribution is -2.42. The number of hydrogen-bond acceptors (Lipinski definition) is 8. The van der Waals surface area contributed by atoms with Crippen LogP contribution in [-0.4, -0.2) is 44.3 Å². The Morgan fingerprint density at radius 1 is 1.16 bits per heavy atom. The van der Waals surface area contributed by atoms with Gasteiger partial charge in [0.05, 0.1) is 41.9 Å². The molecule has 6 nitrogen and oxygen atoms in total. The Balaban J connectivity index is 1.83. The van der Waals surface area contributed by atoms with Crippen LogP contribution in [0.25, 0.3) is 5.70 Å². The van der Waals surface area contributed by atoms with Gasteiger partial charge in [-0.05, 0) is 36.8 Å². The van der Waals surface area contributed by atoms with Gasteiger partial charge in [0.15, 0.2) is 5.13 Å². The largest absolute Gasteiger partial charge is 0.394 e. The van der Waals surface area contributed by atoms with E-state index >= 15 is 0 Å². The van der Waals surface area contributed by atoms with Crippen LogP contribution in [0.3, 0.4) is 0 Å².